The third-order valence-electron chi connectivity index (χ3n) is 2.74. The molecule has 0 spiro atoms. The van der Waals surface area contributed by atoms with Crippen LogP contribution in [0.1, 0.15) is 19.8 Å². The van der Waals surface area contributed by atoms with Gasteiger partial charge in [0.1, 0.15) is 0 Å². The van der Waals surface area contributed by atoms with Gasteiger partial charge in [-0.05, 0) is 32.6 Å². The van der Waals surface area contributed by atoms with E-state index in [2.05, 4.69) is 12.2 Å². The van der Waals surface area contributed by atoms with Gasteiger partial charge in [0.25, 0.3) is 0 Å². The Balaban J connectivity index is 2.17. The lowest BCUT2D eigenvalue weighted by atomic mass is 10.2. The molecular weight excluding hydrogens is 212 g/mol. The first-order valence-electron chi connectivity index (χ1n) is 5.35. The van der Waals surface area contributed by atoms with Crippen LogP contribution >= 0.6 is 11.8 Å². The second kappa shape index (κ2) is 6.35. The molecule has 3 unspecified atom stereocenters. The summed E-state index contributed by atoms with van der Waals surface area (Å²) >= 11 is 1.88. The molecule has 15 heavy (non-hydrogen) atoms. The number of thioether (sulfide) groups is 1. The molecule has 88 valence electrons. The van der Waals surface area contributed by atoms with Gasteiger partial charge in [-0.2, -0.15) is 11.8 Å². The molecule has 1 amide bonds. The Morgan fingerprint density at radius 1 is 1.73 bits per heavy atom. The Morgan fingerprint density at radius 3 is 2.93 bits per heavy atom. The van der Waals surface area contributed by atoms with Gasteiger partial charge in [0.15, 0.2) is 0 Å². The van der Waals surface area contributed by atoms with Crippen molar-refractivity contribution >= 4 is 17.7 Å². The van der Waals surface area contributed by atoms with E-state index in [-0.39, 0.29) is 11.9 Å². The third kappa shape index (κ3) is 4.01. The maximum absolute atomic E-state index is 10.9. The van der Waals surface area contributed by atoms with Crippen LogP contribution in [0.3, 0.4) is 0 Å². The molecule has 0 saturated carbocycles. The first-order chi connectivity index (χ1) is 7.15. The molecule has 1 rings (SSSR count). The fraction of sp³-hybridized carbons (Fsp3) is 0.900. The molecule has 1 aliphatic rings. The van der Waals surface area contributed by atoms with Crippen LogP contribution in [0.15, 0.2) is 0 Å². The number of primary amides is 1. The first-order valence-corrected chi connectivity index (χ1v) is 6.39. The zero-order chi connectivity index (χ0) is 11.3. The SMILES string of the molecule is CNC(CCSC1CCOC1C)C(N)=O. The standard InChI is InChI=1S/C10H20N2O2S/c1-7-9(3-5-14-7)15-6-4-8(12-2)10(11)13/h7-9,12H,3-6H2,1-2H3,(H2,11,13). The highest BCUT2D eigenvalue weighted by Crippen LogP contribution is 2.26. The number of nitrogens with two attached hydrogens (primary N) is 1. The predicted molar refractivity (Wildman–Crippen MR) is 62.9 cm³/mol. The van der Waals surface area contributed by atoms with Crippen LogP contribution in [-0.4, -0.2) is 42.7 Å². The molecule has 0 aromatic carbocycles. The Morgan fingerprint density at radius 2 is 2.47 bits per heavy atom. The third-order valence-corrected chi connectivity index (χ3v) is 4.26. The number of rotatable bonds is 6. The summed E-state index contributed by atoms with van der Waals surface area (Å²) in [5.74, 6) is 0.682. The van der Waals surface area contributed by atoms with Crippen LogP contribution in [-0.2, 0) is 9.53 Å². The monoisotopic (exact) mass is 232 g/mol. The molecular formula is C10H20N2O2S. The van der Waals surface area contributed by atoms with Crippen molar-refractivity contribution in [2.24, 2.45) is 5.73 Å². The van der Waals surface area contributed by atoms with Crippen molar-refractivity contribution in [3.63, 3.8) is 0 Å². The van der Waals surface area contributed by atoms with Crippen LogP contribution in [0, 0.1) is 0 Å². The summed E-state index contributed by atoms with van der Waals surface area (Å²) in [5, 5.41) is 3.50. The molecule has 0 bridgehead atoms. The van der Waals surface area contributed by atoms with E-state index in [0.29, 0.717) is 11.4 Å². The summed E-state index contributed by atoms with van der Waals surface area (Å²) in [6.07, 6.45) is 2.25. The first kappa shape index (κ1) is 12.8. The molecule has 0 aromatic rings. The summed E-state index contributed by atoms with van der Waals surface area (Å²) < 4.78 is 5.47. The van der Waals surface area contributed by atoms with Gasteiger partial charge < -0.3 is 15.8 Å². The number of hydrogen-bond acceptors (Lipinski definition) is 4. The van der Waals surface area contributed by atoms with Gasteiger partial charge in [-0.15, -0.1) is 0 Å². The van der Waals surface area contributed by atoms with Gasteiger partial charge >= 0.3 is 0 Å². The van der Waals surface area contributed by atoms with Gasteiger partial charge in [0, 0.05) is 11.9 Å². The van der Waals surface area contributed by atoms with Gasteiger partial charge in [-0.1, -0.05) is 0 Å². The highest BCUT2D eigenvalue weighted by Gasteiger charge is 2.24. The average Bonchev–Trinajstić information content (AvgIpc) is 2.58. The van der Waals surface area contributed by atoms with Crippen molar-refractivity contribution in [2.45, 2.75) is 37.2 Å². The molecule has 1 aliphatic heterocycles. The van der Waals surface area contributed by atoms with Crippen LogP contribution in [0.4, 0.5) is 0 Å². The number of hydrogen-bond donors (Lipinski definition) is 2. The number of amides is 1. The van der Waals surface area contributed by atoms with E-state index in [1.807, 2.05) is 11.8 Å². The van der Waals surface area contributed by atoms with Gasteiger partial charge in [-0.25, -0.2) is 0 Å². The molecule has 4 nitrogen and oxygen atoms in total. The Hall–Kier alpha value is -0.260. The number of ether oxygens (including phenoxy) is 1. The van der Waals surface area contributed by atoms with Crippen molar-refractivity contribution in [2.75, 3.05) is 19.4 Å². The zero-order valence-corrected chi connectivity index (χ0v) is 10.2. The number of nitrogens with one attached hydrogen (secondary N) is 1. The highest BCUT2D eigenvalue weighted by molar-refractivity contribution is 7.99. The second-order valence-corrected chi connectivity index (χ2v) is 5.15. The van der Waals surface area contributed by atoms with E-state index in [1.54, 1.807) is 7.05 Å². The lowest BCUT2D eigenvalue weighted by molar-refractivity contribution is -0.119. The van der Waals surface area contributed by atoms with E-state index in [4.69, 9.17) is 10.5 Å². The lowest BCUT2D eigenvalue weighted by Crippen LogP contribution is -2.39. The molecule has 0 radical (unpaired) electrons. The Labute approximate surface area is 95.3 Å². The zero-order valence-electron chi connectivity index (χ0n) is 9.36. The van der Waals surface area contributed by atoms with Crippen LogP contribution < -0.4 is 11.1 Å². The smallest absolute Gasteiger partial charge is 0.234 e. The number of carbonyl (C=O) groups is 1. The molecule has 1 saturated heterocycles. The van der Waals surface area contributed by atoms with Crippen molar-refractivity contribution in [3.8, 4) is 0 Å². The van der Waals surface area contributed by atoms with E-state index in [9.17, 15) is 4.79 Å². The van der Waals surface area contributed by atoms with Crippen molar-refractivity contribution < 1.29 is 9.53 Å². The summed E-state index contributed by atoms with van der Waals surface area (Å²) in [5.41, 5.74) is 5.23. The molecule has 0 aliphatic carbocycles. The quantitative estimate of drug-likeness (QED) is 0.694. The normalized spacial score (nSPS) is 27.9. The van der Waals surface area contributed by atoms with Gasteiger partial charge in [-0.3, -0.25) is 4.79 Å². The topological polar surface area (TPSA) is 64.3 Å². The van der Waals surface area contributed by atoms with Gasteiger partial charge in [0.05, 0.1) is 12.1 Å². The molecule has 0 aromatic heterocycles. The Kier molecular flexibility index (Phi) is 5.42. The summed E-state index contributed by atoms with van der Waals surface area (Å²) in [7, 11) is 1.77. The molecule has 5 heteroatoms. The molecule has 3 atom stereocenters. The molecule has 1 fully saturated rings. The fourth-order valence-corrected chi connectivity index (χ4v) is 2.98. The maximum Gasteiger partial charge on any atom is 0.234 e. The van der Waals surface area contributed by atoms with E-state index < -0.39 is 0 Å². The number of likely N-dealkylation sites (N-methyl/N-ethyl adjacent to an activating group) is 1. The molecule has 1 heterocycles. The minimum atomic E-state index is -0.270. The van der Waals surface area contributed by atoms with Crippen LogP contribution in [0.2, 0.25) is 0 Å². The number of carbonyl (C=O) groups excluding carboxylic acids is 1. The van der Waals surface area contributed by atoms with Crippen molar-refractivity contribution in [1.29, 1.82) is 0 Å². The van der Waals surface area contributed by atoms with E-state index in [1.165, 1.54) is 0 Å². The lowest BCUT2D eigenvalue weighted by Gasteiger charge is -2.16. The maximum atomic E-state index is 10.9. The minimum absolute atomic E-state index is 0.199. The van der Waals surface area contributed by atoms with Crippen LogP contribution in [0.25, 0.3) is 0 Å². The average molecular weight is 232 g/mol. The fourth-order valence-electron chi connectivity index (χ4n) is 1.70. The molecule has 3 N–H and O–H groups in total. The van der Waals surface area contributed by atoms with E-state index in [0.717, 1.165) is 25.2 Å². The second-order valence-electron chi connectivity index (χ2n) is 3.81. The van der Waals surface area contributed by atoms with Crippen molar-refractivity contribution in [3.05, 3.63) is 0 Å². The minimum Gasteiger partial charge on any atom is -0.377 e. The van der Waals surface area contributed by atoms with Crippen LogP contribution in [0.5, 0.6) is 0 Å². The van der Waals surface area contributed by atoms with E-state index >= 15 is 0 Å². The van der Waals surface area contributed by atoms with Gasteiger partial charge in [0.2, 0.25) is 5.91 Å². The predicted octanol–water partition coefficient (Wildman–Crippen LogP) is 0.360. The summed E-state index contributed by atoms with van der Waals surface area (Å²) in [6, 6.07) is -0.199. The largest absolute Gasteiger partial charge is 0.377 e. The summed E-state index contributed by atoms with van der Waals surface area (Å²) in [4.78, 5) is 10.9. The highest BCUT2D eigenvalue weighted by atomic mass is 32.2. The van der Waals surface area contributed by atoms with Crippen molar-refractivity contribution in [1.82, 2.24) is 5.32 Å². The Bertz CT molecular complexity index is 214. The summed E-state index contributed by atoms with van der Waals surface area (Å²) in [6.45, 7) is 2.97.